The minimum absolute atomic E-state index is 0. The normalized spacial score (nSPS) is 10.9. The molecule has 0 aromatic rings. The summed E-state index contributed by atoms with van der Waals surface area (Å²) in [6.07, 6.45) is 0. The summed E-state index contributed by atoms with van der Waals surface area (Å²) in [5.41, 5.74) is 0. The van der Waals surface area contributed by atoms with Crippen molar-refractivity contribution in [3.05, 3.63) is 0 Å². The van der Waals surface area contributed by atoms with Gasteiger partial charge in [0.25, 0.3) is 0 Å². The van der Waals surface area contributed by atoms with Crippen LogP contribution in [-0.2, 0) is 18.2 Å². The molecule has 96 valence electrons. The molecule has 0 spiro atoms. The molecule has 0 aliphatic carbocycles. The van der Waals surface area contributed by atoms with E-state index in [2.05, 4.69) is 9.05 Å². The minimum Gasteiger partial charge on any atom is -0.566 e. The van der Waals surface area contributed by atoms with Gasteiger partial charge in [0.05, 0.1) is 0 Å². The molecular formula is C8H18K2O6P2+2. The van der Waals surface area contributed by atoms with Gasteiger partial charge in [-0.15, -0.1) is 9.05 Å². The summed E-state index contributed by atoms with van der Waals surface area (Å²) in [6, 6.07) is 0. The monoisotopic (exact) mass is 350 g/mol. The van der Waals surface area contributed by atoms with Crippen LogP contribution in [0.1, 0.15) is 27.7 Å². The van der Waals surface area contributed by atoms with E-state index in [9.17, 15) is 18.9 Å². The van der Waals surface area contributed by atoms with E-state index in [1.165, 1.54) is 0 Å². The molecule has 0 saturated heterocycles. The molecule has 6 nitrogen and oxygen atoms in total. The van der Waals surface area contributed by atoms with E-state index in [4.69, 9.17) is 0 Å². The van der Waals surface area contributed by atoms with Crippen LogP contribution in [0.4, 0.5) is 0 Å². The maximum absolute atomic E-state index is 9.72. The molecule has 18 heavy (non-hydrogen) atoms. The maximum atomic E-state index is 9.72. The predicted octanol–water partition coefficient (Wildman–Crippen LogP) is -4.64. The van der Waals surface area contributed by atoms with Crippen LogP contribution >= 0.6 is 16.5 Å². The quantitative estimate of drug-likeness (QED) is 0.353. The molecule has 0 radical (unpaired) electrons. The Hall–Kier alpha value is 3.31. The van der Waals surface area contributed by atoms with E-state index in [0.29, 0.717) is 13.2 Å². The molecular weight excluding hydrogens is 332 g/mol. The van der Waals surface area contributed by atoms with Gasteiger partial charge in [0.15, 0.2) is 0 Å². The van der Waals surface area contributed by atoms with Gasteiger partial charge >= 0.3 is 119 Å². The van der Waals surface area contributed by atoms with Crippen molar-refractivity contribution < 1.29 is 131 Å². The SMILES string of the molecule is CC(C)CO[P+](=O)[O-].CC(C)CO[P+](=O)[O-].[K+].[K+]. The Balaban J connectivity index is -0.0000000980. The first-order chi connectivity index (χ1) is 7.25. The largest absolute Gasteiger partial charge is 1.00 e. The summed E-state index contributed by atoms with van der Waals surface area (Å²) < 4.78 is 28.0. The van der Waals surface area contributed by atoms with Crippen molar-refractivity contribution in [2.75, 3.05) is 13.2 Å². The van der Waals surface area contributed by atoms with Crippen molar-refractivity contribution in [2.24, 2.45) is 11.8 Å². The van der Waals surface area contributed by atoms with Crippen LogP contribution in [0.2, 0.25) is 0 Å². The van der Waals surface area contributed by atoms with Crippen LogP contribution in [0, 0.1) is 11.8 Å². The summed E-state index contributed by atoms with van der Waals surface area (Å²) in [5.74, 6) is 0.561. The van der Waals surface area contributed by atoms with Crippen LogP contribution < -0.4 is 113 Å². The van der Waals surface area contributed by atoms with Gasteiger partial charge in [0.1, 0.15) is 13.2 Å². The minimum atomic E-state index is -2.63. The standard InChI is InChI=1S/2C4H9O3P.2K/c2*1-4(2)3-7-8(5)6;;/h2*4H,3H2,1-2H3;;/q;;2*+1. The van der Waals surface area contributed by atoms with Crippen molar-refractivity contribution >= 4 is 16.5 Å². The Kier molecular flexibility index (Phi) is 33.1. The molecule has 2 unspecified atom stereocenters. The average Bonchev–Trinajstić information content (AvgIpc) is 2.12. The Morgan fingerprint density at radius 3 is 1.11 bits per heavy atom. The summed E-state index contributed by atoms with van der Waals surface area (Å²) in [4.78, 5) is 19.4. The van der Waals surface area contributed by atoms with E-state index in [0.717, 1.165) is 0 Å². The van der Waals surface area contributed by atoms with E-state index in [-0.39, 0.29) is 115 Å². The van der Waals surface area contributed by atoms with Crippen molar-refractivity contribution in [1.29, 1.82) is 0 Å². The molecule has 10 heteroatoms. The van der Waals surface area contributed by atoms with Gasteiger partial charge < -0.3 is 9.79 Å². The fourth-order valence-electron chi connectivity index (χ4n) is 0.420. The fourth-order valence-corrected chi connectivity index (χ4v) is 1.26. The molecule has 0 aliphatic heterocycles. The second kappa shape index (κ2) is 20.3. The van der Waals surface area contributed by atoms with E-state index in [1.807, 2.05) is 27.7 Å². The van der Waals surface area contributed by atoms with Crippen LogP contribution in [0.25, 0.3) is 0 Å². The van der Waals surface area contributed by atoms with Crippen LogP contribution in [0.5, 0.6) is 0 Å². The molecule has 0 aromatic carbocycles. The maximum Gasteiger partial charge on any atom is 1.00 e. The van der Waals surface area contributed by atoms with Crippen LogP contribution in [0.3, 0.4) is 0 Å². The van der Waals surface area contributed by atoms with E-state index < -0.39 is 16.5 Å². The topological polar surface area (TPSA) is 98.7 Å². The number of hydrogen-bond acceptors (Lipinski definition) is 6. The van der Waals surface area contributed by atoms with Gasteiger partial charge in [0.2, 0.25) is 0 Å². The molecule has 2 atom stereocenters. The summed E-state index contributed by atoms with van der Waals surface area (Å²) in [5, 5.41) is 0. The molecule has 0 aliphatic rings. The van der Waals surface area contributed by atoms with Gasteiger partial charge in [-0.3, -0.25) is 0 Å². The second-order valence-electron chi connectivity index (χ2n) is 3.83. The Labute approximate surface area is 196 Å². The molecule has 0 bridgehead atoms. The van der Waals surface area contributed by atoms with E-state index in [1.54, 1.807) is 0 Å². The zero-order chi connectivity index (χ0) is 13.1. The van der Waals surface area contributed by atoms with Crippen molar-refractivity contribution in [3.63, 3.8) is 0 Å². The Morgan fingerprint density at radius 1 is 0.833 bits per heavy atom. The summed E-state index contributed by atoms with van der Waals surface area (Å²) in [7, 11) is -5.27. The Morgan fingerprint density at radius 2 is 1.06 bits per heavy atom. The third-order valence-corrected chi connectivity index (χ3v) is 1.75. The number of rotatable bonds is 6. The smallest absolute Gasteiger partial charge is 0.566 e. The van der Waals surface area contributed by atoms with Gasteiger partial charge in [0, 0.05) is 0 Å². The molecule has 0 saturated carbocycles. The van der Waals surface area contributed by atoms with Gasteiger partial charge in [-0.2, -0.15) is 0 Å². The van der Waals surface area contributed by atoms with Gasteiger partial charge in [-0.25, -0.2) is 0 Å². The van der Waals surface area contributed by atoms with Gasteiger partial charge in [-0.1, -0.05) is 27.7 Å². The molecule has 0 rings (SSSR count). The third kappa shape index (κ3) is 36.5. The first kappa shape index (κ1) is 29.3. The second-order valence-corrected chi connectivity index (χ2v) is 5.24. The number of hydrogen-bond donors (Lipinski definition) is 0. The van der Waals surface area contributed by atoms with Gasteiger partial charge in [-0.05, 0) is 21.0 Å². The van der Waals surface area contributed by atoms with Crippen molar-refractivity contribution in [2.45, 2.75) is 27.7 Å². The first-order valence-electron chi connectivity index (χ1n) is 4.80. The molecule has 0 fully saturated rings. The Bertz CT molecular complexity index is 194. The molecule has 0 amide bonds. The van der Waals surface area contributed by atoms with Crippen molar-refractivity contribution in [1.82, 2.24) is 0 Å². The molecule has 0 aromatic heterocycles. The molecule has 0 heterocycles. The zero-order valence-corrected chi connectivity index (χ0v) is 19.9. The summed E-state index contributed by atoms with van der Waals surface area (Å²) in [6.45, 7) is 8.13. The zero-order valence-electron chi connectivity index (χ0n) is 11.9. The summed E-state index contributed by atoms with van der Waals surface area (Å²) >= 11 is 0. The third-order valence-electron chi connectivity index (χ3n) is 1.03. The van der Waals surface area contributed by atoms with Crippen molar-refractivity contribution in [3.8, 4) is 0 Å². The predicted molar refractivity (Wildman–Crippen MR) is 56.8 cm³/mol. The molecule has 0 N–H and O–H groups in total. The van der Waals surface area contributed by atoms with Crippen LogP contribution in [-0.4, -0.2) is 13.2 Å². The van der Waals surface area contributed by atoms with E-state index >= 15 is 0 Å². The van der Waals surface area contributed by atoms with Crippen LogP contribution in [0.15, 0.2) is 0 Å². The first-order valence-corrected chi connectivity index (χ1v) is 6.99. The fraction of sp³-hybridized carbons (Fsp3) is 1.00. The average molecular weight is 350 g/mol.